The minimum Gasteiger partial charge on any atom is -0.497 e. The predicted molar refractivity (Wildman–Crippen MR) is 91.0 cm³/mol. The number of ether oxygens (including phenoxy) is 1. The Hall–Kier alpha value is -2.18. The smallest absolute Gasteiger partial charge is 0.411 e. The van der Waals surface area contributed by atoms with Crippen LogP contribution >= 0.6 is 0 Å². The average Bonchev–Trinajstić information content (AvgIpc) is 2.53. The van der Waals surface area contributed by atoms with E-state index in [0.717, 1.165) is 36.4 Å². The van der Waals surface area contributed by atoms with Crippen molar-refractivity contribution in [3.05, 3.63) is 65.2 Å². The summed E-state index contributed by atoms with van der Waals surface area (Å²) < 4.78 is 88.9. The molecule has 0 aliphatic carbocycles. The molecule has 0 radical (unpaired) electrons. The van der Waals surface area contributed by atoms with Gasteiger partial charge in [0.25, 0.3) is 0 Å². The van der Waals surface area contributed by atoms with Gasteiger partial charge >= 0.3 is 12.4 Å². The number of rotatable bonds is 3. The molecule has 0 aliphatic rings. The van der Waals surface area contributed by atoms with Gasteiger partial charge in [0, 0.05) is 0 Å². The van der Waals surface area contributed by atoms with E-state index in [1.807, 2.05) is 20.8 Å². The van der Waals surface area contributed by atoms with Gasteiger partial charge in [-0.15, -0.1) is 0 Å². The van der Waals surface area contributed by atoms with Crippen molar-refractivity contribution in [2.24, 2.45) is 0 Å². The summed E-state index contributed by atoms with van der Waals surface area (Å²) in [6, 6.07) is 8.22. The normalized spacial score (nSPS) is 13.6. The highest BCUT2D eigenvalue weighted by atomic mass is 19.4. The van der Waals surface area contributed by atoms with E-state index in [1.54, 1.807) is 0 Å². The standard InChI is InChI=1S/C20H20F6O/c1-17(2,3)13-5-7-14(8-6-13)18(19(21,22)23,20(24,25)26)15-9-11-16(27-4)12-10-15/h5-12H,1-4H3. The molecular formula is C20H20F6O. The SMILES string of the molecule is COc1ccc(C(c2ccc(C(C)(C)C)cc2)(C(F)(F)F)C(F)(F)F)cc1. The molecule has 0 atom stereocenters. The van der Waals surface area contributed by atoms with Crippen molar-refractivity contribution in [1.82, 2.24) is 0 Å². The Bertz CT molecular complexity index is 751. The third-order valence-electron chi connectivity index (χ3n) is 4.56. The van der Waals surface area contributed by atoms with Gasteiger partial charge in [-0.25, -0.2) is 0 Å². The lowest BCUT2D eigenvalue weighted by molar-refractivity contribution is -0.288. The van der Waals surface area contributed by atoms with Crippen LogP contribution in [0.5, 0.6) is 5.75 Å². The molecule has 2 rings (SSSR count). The van der Waals surface area contributed by atoms with E-state index in [9.17, 15) is 26.3 Å². The molecular weight excluding hydrogens is 370 g/mol. The maximum absolute atomic E-state index is 14.0. The molecule has 2 aromatic rings. The van der Waals surface area contributed by atoms with Crippen LogP contribution in [0.3, 0.4) is 0 Å². The van der Waals surface area contributed by atoms with Crippen molar-refractivity contribution in [1.29, 1.82) is 0 Å². The fourth-order valence-corrected chi connectivity index (χ4v) is 3.04. The first-order valence-corrected chi connectivity index (χ1v) is 8.14. The number of benzene rings is 2. The summed E-state index contributed by atoms with van der Waals surface area (Å²) in [5.41, 5.74) is -5.69. The van der Waals surface area contributed by atoms with Crippen LogP contribution in [-0.2, 0) is 10.8 Å². The molecule has 0 unspecified atom stereocenters. The summed E-state index contributed by atoms with van der Waals surface area (Å²) >= 11 is 0. The molecule has 0 heterocycles. The minimum atomic E-state index is -5.59. The van der Waals surface area contributed by atoms with Gasteiger partial charge in [0.05, 0.1) is 7.11 Å². The number of hydrogen-bond donors (Lipinski definition) is 0. The highest BCUT2D eigenvalue weighted by molar-refractivity contribution is 5.46. The summed E-state index contributed by atoms with van der Waals surface area (Å²) in [4.78, 5) is 0. The Balaban J connectivity index is 2.80. The molecule has 0 aliphatic heterocycles. The summed E-state index contributed by atoms with van der Waals surface area (Å²) in [5, 5.41) is 0. The van der Waals surface area contributed by atoms with Gasteiger partial charge in [-0.1, -0.05) is 57.2 Å². The summed E-state index contributed by atoms with van der Waals surface area (Å²) in [5.74, 6) is 0.167. The molecule has 0 aromatic heterocycles. The van der Waals surface area contributed by atoms with Crippen molar-refractivity contribution < 1.29 is 31.1 Å². The molecule has 7 heteroatoms. The topological polar surface area (TPSA) is 9.23 Å². The lowest BCUT2D eigenvalue weighted by atomic mass is 9.72. The van der Waals surface area contributed by atoms with Crippen molar-refractivity contribution in [3.63, 3.8) is 0 Å². The van der Waals surface area contributed by atoms with Gasteiger partial charge in [0.1, 0.15) is 5.75 Å². The van der Waals surface area contributed by atoms with Crippen LogP contribution < -0.4 is 4.74 Å². The van der Waals surface area contributed by atoms with E-state index in [0.29, 0.717) is 5.56 Å². The van der Waals surface area contributed by atoms with Crippen LogP contribution in [0.1, 0.15) is 37.5 Å². The summed E-state index contributed by atoms with van der Waals surface area (Å²) in [6.07, 6.45) is -11.2. The molecule has 1 nitrogen and oxygen atoms in total. The van der Waals surface area contributed by atoms with Crippen LogP contribution in [0.15, 0.2) is 48.5 Å². The van der Waals surface area contributed by atoms with E-state index in [2.05, 4.69) is 0 Å². The first-order valence-electron chi connectivity index (χ1n) is 8.14. The van der Waals surface area contributed by atoms with E-state index in [1.165, 1.54) is 19.2 Å². The maximum Gasteiger partial charge on any atom is 0.411 e. The Morgan fingerprint density at radius 1 is 0.593 bits per heavy atom. The summed E-state index contributed by atoms with van der Waals surface area (Å²) in [6.45, 7) is 5.48. The van der Waals surface area contributed by atoms with Crippen LogP contribution in [0.4, 0.5) is 26.3 Å². The third-order valence-corrected chi connectivity index (χ3v) is 4.56. The van der Waals surface area contributed by atoms with Crippen molar-refractivity contribution in [2.75, 3.05) is 7.11 Å². The quantitative estimate of drug-likeness (QED) is 0.551. The lowest BCUT2D eigenvalue weighted by Crippen LogP contribution is -2.54. The number of halogens is 6. The highest BCUT2D eigenvalue weighted by Gasteiger charge is 2.72. The first kappa shape index (κ1) is 21.1. The van der Waals surface area contributed by atoms with Gasteiger partial charge in [-0.05, 0) is 34.2 Å². The van der Waals surface area contributed by atoms with E-state index in [4.69, 9.17) is 4.74 Å². The Morgan fingerprint density at radius 2 is 0.926 bits per heavy atom. The van der Waals surface area contributed by atoms with Crippen LogP contribution in [0.25, 0.3) is 0 Å². The molecule has 0 bridgehead atoms. The molecule has 0 spiro atoms. The zero-order chi connectivity index (χ0) is 20.7. The minimum absolute atomic E-state index is 0.167. The zero-order valence-corrected chi connectivity index (χ0v) is 15.3. The average molecular weight is 390 g/mol. The fraction of sp³-hybridized carbons (Fsp3) is 0.400. The Labute approximate surface area is 154 Å². The van der Waals surface area contributed by atoms with Crippen LogP contribution in [0, 0.1) is 0 Å². The zero-order valence-electron chi connectivity index (χ0n) is 15.3. The molecule has 0 saturated carbocycles. The number of methoxy groups -OCH3 is 1. The van der Waals surface area contributed by atoms with E-state index < -0.39 is 34.3 Å². The van der Waals surface area contributed by atoms with Crippen molar-refractivity contribution >= 4 is 0 Å². The molecule has 27 heavy (non-hydrogen) atoms. The molecule has 0 amide bonds. The van der Waals surface area contributed by atoms with Crippen molar-refractivity contribution in [3.8, 4) is 5.75 Å². The number of hydrogen-bond acceptors (Lipinski definition) is 1. The van der Waals surface area contributed by atoms with E-state index in [-0.39, 0.29) is 5.75 Å². The molecule has 2 aromatic carbocycles. The molecule has 0 saturated heterocycles. The maximum atomic E-state index is 14.0. The molecule has 0 N–H and O–H groups in total. The van der Waals surface area contributed by atoms with Gasteiger partial charge < -0.3 is 4.74 Å². The van der Waals surface area contributed by atoms with Crippen molar-refractivity contribution in [2.45, 2.75) is 44.0 Å². The lowest BCUT2D eigenvalue weighted by Gasteiger charge is -2.38. The van der Waals surface area contributed by atoms with Gasteiger partial charge in [-0.2, -0.15) is 26.3 Å². The largest absolute Gasteiger partial charge is 0.497 e. The fourth-order valence-electron chi connectivity index (χ4n) is 3.04. The monoisotopic (exact) mass is 390 g/mol. The summed E-state index contributed by atoms with van der Waals surface area (Å²) in [7, 11) is 1.28. The van der Waals surface area contributed by atoms with Gasteiger partial charge in [-0.3, -0.25) is 0 Å². The predicted octanol–water partition coefficient (Wildman–Crippen LogP) is 6.40. The van der Waals surface area contributed by atoms with Crippen LogP contribution in [0.2, 0.25) is 0 Å². The van der Waals surface area contributed by atoms with Crippen LogP contribution in [-0.4, -0.2) is 19.5 Å². The third kappa shape index (κ3) is 3.64. The highest BCUT2D eigenvalue weighted by Crippen LogP contribution is 2.56. The Morgan fingerprint density at radius 3 is 1.22 bits per heavy atom. The molecule has 148 valence electrons. The second-order valence-electron chi connectivity index (χ2n) is 7.30. The number of alkyl halides is 6. The van der Waals surface area contributed by atoms with E-state index >= 15 is 0 Å². The first-order chi connectivity index (χ1) is 12.2. The second-order valence-corrected chi connectivity index (χ2v) is 7.30. The second kappa shape index (κ2) is 6.77. The van der Waals surface area contributed by atoms with Gasteiger partial charge in [0.2, 0.25) is 5.41 Å². The molecule has 0 fully saturated rings. The van der Waals surface area contributed by atoms with Gasteiger partial charge in [0.15, 0.2) is 0 Å². The Kier molecular flexibility index (Phi) is 5.29.